The molecule has 0 unspecified atom stereocenters. The number of nitrogens with zero attached hydrogens (tertiary/aromatic N) is 2. The SMILES string of the molecule is Cc1ccc(Cl)cc1N1CCN(C[C@H](O)COc2ccc(Cl)cc2Cl)CC1. The van der Waals surface area contributed by atoms with Crippen molar-refractivity contribution in [2.45, 2.75) is 13.0 Å². The lowest BCUT2D eigenvalue weighted by atomic mass is 10.1. The number of piperazine rings is 1. The summed E-state index contributed by atoms with van der Waals surface area (Å²) in [6, 6.07) is 11.0. The Kier molecular flexibility index (Phi) is 7.12. The molecule has 0 saturated carbocycles. The number of anilines is 1. The summed E-state index contributed by atoms with van der Waals surface area (Å²) in [5, 5.41) is 12.1. The van der Waals surface area contributed by atoms with Gasteiger partial charge in [0.15, 0.2) is 0 Å². The highest BCUT2D eigenvalue weighted by atomic mass is 35.5. The molecule has 1 saturated heterocycles. The number of aliphatic hydroxyl groups excluding tert-OH is 1. The zero-order chi connectivity index (χ0) is 19.4. The number of aliphatic hydroxyl groups is 1. The summed E-state index contributed by atoms with van der Waals surface area (Å²) in [4.78, 5) is 4.59. The van der Waals surface area contributed by atoms with Gasteiger partial charge in [0.05, 0.1) is 5.02 Å². The Labute approximate surface area is 175 Å². The van der Waals surface area contributed by atoms with Gasteiger partial charge in [0.25, 0.3) is 0 Å². The van der Waals surface area contributed by atoms with Crippen LogP contribution in [0.2, 0.25) is 15.1 Å². The first-order valence-electron chi connectivity index (χ1n) is 8.92. The second-order valence-electron chi connectivity index (χ2n) is 6.76. The van der Waals surface area contributed by atoms with Crippen molar-refractivity contribution >= 4 is 40.5 Å². The Bertz CT molecular complexity index is 780. The minimum atomic E-state index is -0.587. The number of hydrogen-bond donors (Lipinski definition) is 1. The molecule has 4 nitrogen and oxygen atoms in total. The largest absolute Gasteiger partial charge is 0.489 e. The minimum Gasteiger partial charge on any atom is -0.489 e. The van der Waals surface area contributed by atoms with Crippen LogP contribution < -0.4 is 9.64 Å². The summed E-state index contributed by atoms with van der Waals surface area (Å²) in [5.74, 6) is 0.529. The minimum absolute atomic E-state index is 0.189. The molecule has 1 atom stereocenters. The van der Waals surface area contributed by atoms with Gasteiger partial charge in [0.2, 0.25) is 0 Å². The van der Waals surface area contributed by atoms with Crippen LogP contribution in [0.15, 0.2) is 36.4 Å². The molecule has 1 heterocycles. The number of ether oxygens (including phenoxy) is 1. The van der Waals surface area contributed by atoms with Gasteiger partial charge in [-0.2, -0.15) is 0 Å². The first kappa shape index (κ1) is 20.6. The zero-order valence-corrected chi connectivity index (χ0v) is 17.4. The lowest BCUT2D eigenvalue weighted by Crippen LogP contribution is -2.49. The average Bonchev–Trinajstić information content (AvgIpc) is 2.64. The van der Waals surface area contributed by atoms with Crippen molar-refractivity contribution in [1.82, 2.24) is 4.90 Å². The van der Waals surface area contributed by atoms with Crippen LogP contribution in [0.25, 0.3) is 0 Å². The quantitative estimate of drug-likeness (QED) is 0.732. The van der Waals surface area contributed by atoms with Crippen molar-refractivity contribution in [3.8, 4) is 5.75 Å². The second kappa shape index (κ2) is 9.35. The molecule has 146 valence electrons. The van der Waals surface area contributed by atoms with Gasteiger partial charge in [-0.15, -0.1) is 0 Å². The first-order chi connectivity index (χ1) is 12.9. The van der Waals surface area contributed by atoms with Crippen LogP contribution in [0.5, 0.6) is 5.75 Å². The van der Waals surface area contributed by atoms with E-state index in [2.05, 4.69) is 16.7 Å². The summed E-state index contributed by atoms with van der Waals surface area (Å²) in [5.41, 5.74) is 2.41. The van der Waals surface area contributed by atoms with Crippen LogP contribution in [0.1, 0.15) is 5.56 Å². The molecular weight excluding hydrogens is 407 g/mol. The van der Waals surface area contributed by atoms with E-state index in [0.29, 0.717) is 22.3 Å². The van der Waals surface area contributed by atoms with Gasteiger partial charge in [0, 0.05) is 48.5 Å². The predicted octanol–water partition coefficient (Wildman–Crippen LogP) is 4.52. The van der Waals surface area contributed by atoms with Gasteiger partial charge >= 0.3 is 0 Å². The smallest absolute Gasteiger partial charge is 0.138 e. The topological polar surface area (TPSA) is 35.9 Å². The van der Waals surface area contributed by atoms with E-state index in [4.69, 9.17) is 39.5 Å². The lowest BCUT2D eigenvalue weighted by Gasteiger charge is -2.37. The van der Waals surface area contributed by atoms with Crippen LogP contribution in [0, 0.1) is 6.92 Å². The van der Waals surface area contributed by atoms with Gasteiger partial charge in [0.1, 0.15) is 18.5 Å². The summed E-state index contributed by atoms with van der Waals surface area (Å²) in [7, 11) is 0. The van der Waals surface area contributed by atoms with Gasteiger partial charge < -0.3 is 14.7 Å². The fraction of sp³-hybridized carbons (Fsp3) is 0.400. The molecule has 1 aliphatic heterocycles. The number of benzene rings is 2. The normalized spacial score (nSPS) is 16.4. The number of halogens is 3. The Morgan fingerprint density at radius 3 is 2.37 bits per heavy atom. The predicted molar refractivity (Wildman–Crippen MR) is 113 cm³/mol. The molecular formula is C20H23Cl3N2O2. The Balaban J connectivity index is 1.46. The summed E-state index contributed by atoms with van der Waals surface area (Å²) >= 11 is 18.1. The third-order valence-corrected chi connectivity index (χ3v) is 5.44. The molecule has 0 aromatic heterocycles. The van der Waals surface area contributed by atoms with Crippen molar-refractivity contribution in [2.24, 2.45) is 0 Å². The fourth-order valence-electron chi connectivity index (χ4n) is 3.22. The second-order valence-corrected chi connectivity index (χ2v) is 8.04. The van der Waals surface area contributed by atoms with Crippen molar-refractivity contribution in [1.29, 1.82) is 0 Å². The molecule has 27 heavy (non-hydrogen) atoms. The molecule has 2 aromatic carbocycles. The Hall–Kier alpha value is -1.17. The third kappa shape index (κ3) is 5.66. The Morgan fingerprint density at radius 1 is 1.00 bits per heavy atom. The molecule has 2 aromatic rings. The van der Waals surface area contributed by atoms with Crippen molar-refractivity contribution < 1.29 is 9.84 Å². The fourth-order valence-corrected chi connectivity index (χ4v) is 3.85. The Morgan fingerprint density at radius 2 is 1.67 bits per heavy atom. The monoisotopic (exact) mass is 428 g/mol. The van der Waals surface area contributed by atoms with Crippen LogP contribution in [-0.4, -0.2) is 55.4 Å². The van der Waals surface area contributed by atoms with Crippen LogP contribution in [0.3, 0.4) is 0 Å². The standard InChI is InChI=1S/C20H23Cl3N2O2/c1-14-2-3-16(22)11-19(14)25-8-6-24(7-9-25)12-17(26)13-27-20-5-4-15(21)10-18(20)23/h2-5,10-11,17,26H,6-9,12-13H2,1H3/t17-/m0/s1. The zero-order valence-electron chi connectivity index (χ0n) is 15.2. The first-order valence-corrected chi connectivity index (χ1v) is 10.0. The third-order valence-electron chi connectivity index (χ3n) is 4.68. The van der Waals surface area contributed by atoms with E-state index in [1.165, 1.54) is 11.3 Å². The molecule has 1 aliphatic rings. The molecule has 0 aliphatic carbocycles. The van der Waals surface area contributed by atoms with E-state index < -0.39 is 6.10 Å². The summed E-state index contributed by atoms with van der Waals surface area (Å²) in [6.07, 6.45) is -0.587. The highest BCUT2D eigenvalue weighted by Crippen LogP contribution is 2.28. The van der Waals surface area contributed by atoms with Gasteiger partial charge in [-0.1, -0.05) is 40.9 Å². The van der Waals surface area contributed by atoms with Gasteiger partial charge in [-0.25, -0.2) is 0 Å². The molecule has 1 N–H and O–H groups in total. The number of aryl methyl sites for hydroxylation is 1. The molecule has 7 heteroatoms. The molecule has 0 spiro atoms. The molecule has 1 fully saturated rings. The van der Waals surface area contributed by atoms with Crippen LogP contribution in [0.4, 0.5) is 5.69 Å². The maximum Gasteiger partial charge on any atom is 0.138 e. The lowest BCUT2D eigenvalue weighted by molar-refractivity contribution is 0.0663. The molecule has 0 bridgehead atoms. The van der Waals surface area contributed by atoms with Gasteiger partial charge in [-0.3, -0.25) is 4.90 Å². The maximum atomic E-state index is 10.3. The van der Waals surface area contributed by atoms with E-state index in [9.17, 15) is 5.11 Å². The van der Waals surface area contributed by atoms with Crippen LogP contribution >= 0.6 is 34.8 Å². The van der Waals surface area contributed by atoms with E-state index in [1.54, 1.807) is 18.2 Å². The van der Waals surface area contributed by atoms with Crippen molar-refractivity contribution in [3.05, 3.63) is 57.0 Å². The average molecular weight is 430 g/mol. The molecule has 0 amide bonds. The van der Waals surface area contributed by atoms with Crippen molar-refractivity contribution in [2.75, 3.05) is 44.2 Å². The van der Waals surface area contributed by atoms with E-state index in [1.807, 2.05) is 18.2 Å². The van der Waals surface area contributed by atoms with Crippen molar-refractivity contribution in [3.63, 3.8) is 0 Å². The highest BCUT2D eigenvalue weighted by molar-refractivity contribution is 6.35. The summed E-state index contributed by atoms with van der Waals surface area (Å²) in [6.45, 7) is 6.41. The molecule has 0 radical (unpaired) electrons. The highest BCUT2D eigenvalue weighted by Gasteiger charge is 2.21. The van der Waals surface area contributed by atoms with E-state index >= 15 is 0 Å². The van der Waals surface area contributed by atoms with Crippen LogP contribution in [-0.2, 0) is 0 Å². The maximum absolute atomic E-state index is 10.3. The van der Waals surface area contributed by atoms with Gasteiger partial charge in [-0.05, 0) is 42.8 Å². The number of rotatable bonds is 6. The van der Waals surface area contributed by atoms with E-state index in [0.717, 1.165) is 31.2 Å². The number of β-amino-alcohol motifs (C(OH)–C–C–N with tert-alkyl or cyclic N) is 1. The number of hydrogen-bond acceptors (Lipinski definition) is 4. The molecule has 3 rings (SSSR count). The van der Waals surface area contributed by atoms with E-state index in [-0.39, 0.29) is 6.61 Å². The summed E-state index contributed by atoms with van der Waals surface area (Å²) < 4.78 is 5.62.